The zero-order valence-electron chi connectivity index (χ0n) is 21.9. The van der Waals surface area contributed by atoms with E-state index in [4.69, 9.17) is 14.6 Å². The normalized spacial score (nSPS) is 14.4. The summed E-state index contributed by atoms with van der Waals surface area (Å²) < 4.78 is 38.4. The van der Waals surface area contributed by atoms with Crippen LogP contribution in [0.3, 0.4) is 0 Å². The molecule has 1 aliphatic rings. The van der Waals surface area contributed by atoms with Crippen LogP contribution in [-0.4, -0.2) is 93.6 Å². The lowest BCUT2D eigenvalue weighted by Gasteiger charge is -2.36. The van der Waals surface area contributed by atoms with Crippen LogP contribution in [0.2, 0.25) is 0 Å². The molecule has 214 valence electrons. The number of ether oxygens (including phenoxy) is 1. The molecule has 0 radical (unpaired) electrons. The summed E-state index contributed by atoms with van der Waals surface area (Å²) in [7, 11) is 0. The monoisotopic (exact) mass is 562 g/mol. The molecule has 0 bridgehead atoms. The van der Waals surface area contributed by atoms with Crippen LogP contribution in [0, 0.1) is 17.2 Å². The number of aliphatic hydroxyl groups is 2. The molecule has 1 aliphatic heterocycles. The number of aliphatic hydroxyl groups excluding tert-OH is 2. The standard InChI is InChI=1S/C24H28N6O4.C2HF3O/c1-16(2)23(32)24(33)29-7-5-28(6-8-29)21-4-3-17(13-26-21)20-11-19(34-10-9-31)15-30-22(20)18(12-25)14-27-30;3-2(4,5)1-6/h3-4,11,13-16,23,31-32H,5-10H2,1-2H3;1H/t23-;/m1./s1. The number of aldehydes is 1. The summed E-state index contributed by atoms with van der Waals surface area (Å²) in [4.78, 5) is 29.5. The average Bonchev–Trinajstić information content (AvgIpc) is 3.38. The summed E-state index contributed by atoms with van der Waals surface area (Å²) in [5.74, 6) is 0.978. The van der Waals surface area contributed by atoms with E-state index in [-0.39, 0.29) is 25.0 Å². The van der Waals surface area contributed by atoms with Crippen molar-refractivity contribution in [3.05, 3.63) is 42.4 Å². The molecule has 1 atom stereocenters. The van der Waals surface area contributed by atoms with Gasteiger partial charge in [0.1, 0.15) is 30.3 Å². The summed E-state index contributed by atoms with van der Waals surface area (Å²) in [5.41, 5.74) is 2.65. The van der Waals surface area contributed by atoms with Gasteiger partial charge in [-0.05, 0) is 24.1 Å². The van der Waals surface area contributed by atoms with E-state index in [1.807, 2.05) is 32.0 Å². The van der Waals surface area contributed by atoms with E-state index in [9.17, 15) is 28.3 Å². The first-order valence-electron chi connectivity index (χ1n) is 12.4. The van der Waals surface area contributed by atoms with Gasteiger partial charge in [-0.3, -0.25) is 9.59 Å². The number of halogens is 3. The molecule has 40 heavy (non-hydrogen) atoms. The number of anilines is 1. The maximum absolute atomic E-state index is 12.4. The highest BCUT2D eigenvalue weighted by molar-refractivity contribution is 5.85. The highest BCUT2D eigenvalue weighted by Gasteiger charge is 2.28. The second-order valence-electron chi connectivity index (χ2n) is 9.19. The van der Waals surface area contributed by atoms with Crippen molar-refractivity contribution in [2.75, 3.05) is 44.3 Å². The molecule has 14 heteroatoms. The highest BCUT2D eigenvalue weighted by Crippen LogP contribution is 2.31. The lowest BCUT2D eigenvalue weighted by Crippen LogP contribution is -2.52. The van der Waals surface area contributed by atoms with E-state index in [0.29, 0.717) is 43.0 Å². The third-order valence-electron chi connectivity index (χ3n) is 6.06. The molecule has 11 nitrogen and oxygen atoms in total. The zero-order valence-corrected chi connectivity index (χ0v) is 21.9. The Bertz CT molecular complexity index is 1350. The molecule has 0 aliphatic carbocycles. The molecule has 1 saturated heterocycles. The van der Waals surface area contributed by atoms with Crippen molar-refractivity contribution < 1.29 is 37.7 Å². The quantitative estimate of drug-likeness (QED) is 0.414. The van der Waals surface area contributed by atoms with Crippen LogP contribution >= 0.6 is 0 Å². The number of rotatable bonds is 7. The summed E-state index contributed by atoms with van der Waals surface area (Å²) in [6, 6.07) is 7.83. The van der Waals surface area contributed by atoms with E-state index in [1.54, 1.807) is 21.8 Å². The predicted molar refractivity (Wildman–Crippen MR) is 137 cm³/mol. The summed E-state index contributed by atoms with van der Waals surface area (Å²) >= 11 is 0. The molecule has 3 aromatic heterocycles. The molecular weight excluding hydrogens is 533 g/mol. The van der Waals surface area contributed by atoms with Crippen molar-refractivity contribution in [3.63, 3.8) is 0 Å². The molecule has 1 amide bonds. The number of fused-ring (bicyclic) bond motifs is 1. The molecule has 1 fully saturated rings. The van der Waals surface area contributed by atoms with Gasteiger partial charge in [0.05, 0.1) is 30.1 Å². The predicted octanol–water partition coefficient (Wildman–Crippen LogP) is 2.05. The Morgan fingerprint density at radius 2 is 1.90 bits per heavy atom. The van der Waals surface area contributed by atoms with E-state index in [0.717, 1.165) is 16.9 Å². The van der Waals surface area contributed by atoms with Gasteiger partial charge in [-0.2, -0.15) is 23.5 Å². The van der Waals surface area contributed by atoms with Gasteiger partial charge < -0.3 is 24.7 Å². The molecule has 4 heterocycles. The molecule has 4 rings (SSSR count). The minimum absolute atomic E-state index is 0.110. The summed E-state index contributed by atoms with van der Waals surface area (Å²) in [6.07, 6.45) is -1.75. The van der Waals surface area contributed by atoms with Crippen LogP contribution in [0.25, 0.3) is 16.6 Å². The second kappa shape index (κ2) is 13.2. The molecule has 2 N–H and O–H groups in total. The third-order valence-corrected chi connectivity index (χ3v) is 6.06. The smallest absolute Gasteiger partial charge is 0.446 e. The zero-order chi connectivity index (χ0) is 29.4. The van der Waals surface area contributed by atoms with Gasteiger partial charge in [-0.25, -0.2) is 9.50 Å². The largest absolute Gasteiger partial charge is 0.490 e. The Morgan fingerprint density at radius 1 is 1.23 bits per heavy atom. The van der Waals surface area contributed by atoms with Gasteiger partial charge in [0.15, 0.2) is 0 Å². The van der Waals surface area contributed by atoms with E-state index < -0.39 is 18.6 Å². The van der Waals surface area contributed by atoms with E-state index in [2.05, 4.69) is 21.1 Å². The van der Waals surface area contributed by atoms with Crippen molar-refractivity contribution in [2.45, 2.75) is 26.1 Å². The number of alkyl halides is 3. The number of hydrogen-bond acceptors (Lipinski definition) is 9. The third kappa shape index (κ3) is 7.45. The Labute approximate surface area is 228 Å². The van der Waals surface area contributed by atoms with Gasteiger partial charge in [0, 0.05) is 43.5 Å². The van der Waals surface area contributed by atoms with Crippen molar-refractivity contribution >= 4 is 23.5 Å². The van der Waals surface area contributed by atoms with Crippen molar-refractivity contribution in [1.29, 1.82) is 5.26 Å². The Balaban J connectivity index is 0.000000663. The molecule has 0 unspecified atom stereocenters. The highest BCUT2D eigenvalue weighted by atomic mass is 19.4. The minimum Gasteiger partial charge on any atom is -0.490 e. The number of aromatic nitrogens is 3. The fraction of sp³-hybridized carbons (Fsp3) is 0.423. The number of nitriles is 1. The Morgan fingerprint density at radius 3 is 2.42 bits per heavy atom. The minimum atomic E-state index is -4.64. The first-order valence-corrected chi connectivity index (χ1v) is 12.4. The van der Waals surface area contributed by atoms with Gasteiger partial charge in [0.2, 0.25) is 6.29 Å². The fourth-order valence-electron chi connectivity index (χ4n) is 4.00. The number of piperazine rings is 1. The van der Waals surface area contributed by atoms with Gasteiger partial charge >= 0.3 is 6.18 Å². The van der Waals surface area contributed by atoms with Crippen LogP contribution in [0.5, 0.6) is 5.75 Å². The number of nitrogens with zero attached hydrogens (tertiary/aromatic N) is 6. The fourth-order valence-corrected chi connectivity index (χ4v) is 4.00. The average molecular weight is 563 g/mol. The first kappa shape index (κ1) is 30.3. The number of hydrogen-bond donors (Lipinski definition) is 2. The number of pyridine rings is 2. The van der Waals surface area contributed by atoms with Crippen LogP contribution in [-0.2, 0) is 9.59 Å². The molecule has 3 aromatic rings. The van der Waals surface area contributed by atoms with Gasteiger partial charge in [-0.15, -0.1) is 0 Å². The van der Waals surface area contributed by atoms with E-state index >= 15 is 0 Å². The lowest BCUT2D eigenvalue weighted by molar-refractivity contribution is -0.156. The first-order chi connectivity index (χ1) is 19.0. The van der Waals surface area contributed by atoms with E-state index in [1.165, 1.54) is 6.20 Å². The molecule has 0 saturated carbocycles. The van der Waals surface area contributed by atoms with Crippen molar-refractivity contribution in [2.24, 2.45) is 5.92 Å². The molecule has 0 aromatic carbocycles. The number of amides is 1. The Kier molecular flexibility index (Phi) is 10.0. The van der Waals surface area contributed by atoms with Crippen LogP contribution in [0.1, 0.15) is 19.4 Å². The number of carbonyl (C=O) groups excluding carboxylic acids is 2. The van der Waals surface area contributed by atoms with Gasteiger partial charge in [0.25, 0.3) is 5.91 Å². The maximum atomic E-state index is 12.4. The summed E-state index contributed by atoms with van der Waals surface area (Å²) in [5, 5.41) is 32.9. The second-order valence-corrected chi connectivity index (χ2v) is 9.19. The van der Waals surface area contributed by atoms with Crippen LogP contribution < -0.4 is 9.64 Å². The Hall–Kier alpha value is -4.22. The SMILES string of the molecule is CC(C)[C@@H](O)C(=O)N1CCN(c2ccc(-c3cc(OCCO)cn4ncc(C#N)c34)cn2)CC1.O=CC(F)(F)F. The van der Waals surface area contributed by atoms with Crippen LogP contribution in [0.15, 0.2) is 36.8 Å². The summed E-state index contributed by atoms with van der Waals surface area (Å²) in [6.45, 7) is 6.00. The number of carbonyl (C=O) groups is 2. The lowest BCUT2D eigenvalue weighted by atomic mass is 10.0. The maximum Gasteiger partial charge on any atom is 0.446 e. The van der Waals surface area contributed by atoms with Gasteiger partial charge in [-0.1, -0.05) is 13.8 Å². The molecular formula is C26H29F3N6O5. The topological polar surface area (TPSA) is 144 Å². The van der Waals surface area contributed by atoms with Crippen molar-refractivity contribution in [3.8, 4) is 22.9 Å². The van der Waals surface area contributed by atoms with Crippen molar-refractivity contribution in [1.82, 2.24) is 19.5 Å². The van der Waals surface area contributed by atoms with Crippen LogP contribution in [0.4, 0.5) is 19.0 Å². The molecule has 0 spiro atoms.